The molecule has 1 rings (SSSR count). The molecule has 0 aliphatic heterocycles. The van der Waals surface area contributed by atoms with E-state index in [-0.39, 0.29) is 0 Å². The number of ether oxygens (including phenoxy) is 2. The third kappa shape index (κ3) is 3.10. The van der Waals surface area contributed by atoms with Crippen molar-refractivity contribution in [1.29, 1.82) is 0 Å². The summed E-state index contributed by atoms with van der Waals surface area (Å²) >= 11 is 0. The predicted molar refractivity (Wildman–Crippen MR) is 55.0 cm³/mol. The molecule has 0 aliphatic carbocycles. The first kappa shape index (κ1) is 10.6. The molecule has 0 amide bonds. The van der Waals surface area contributed by atoms with Gasteiger partial charge in [0.25, 0.3) is 0 Å². The van der Waals surface area contributed by atoms with Crippen molar-refractivity contribution in [3.05, 3.63) is 12.1 Å². The highest BCUT2D eigenvalue weighted by Gasteiger charge is 1.99. The van der Waals surface area contributed by atoms with Crippen LogP contribution < -0.4 is 16.2 Å². The minimum atomic E-state index is 0.291. The molecule has 4 N–H and O–H groups in total. The van der Waals surface area contributed by atoms with E-state index in [2.05, 4.69) is 4.98 Å². The Morgan fingerprint density at radius 2 is 2.07 bits per heavy atom. The Labute approximate surface area is 83.0 Å². The highest BCUT2D eigenvalue weighted by molar-refractivity contribution is 5.58. The van der Waals surface area contributed by atoms with Gasteiger partial charge in [0.2, 0.25) is 5.88 Å². The standard InChI is InChI=1S/C9H15N3O2/c1-2-13-5-6-14-8-4-3-7(10)9(11)12-8/h3-4H,2,5-6,10H2,1H3,(H2,11,12). The van der Waals surface area contributed by atoms with Crippen LogP contribution in [0.5, 0.6) is 5.88 Å². The Kier molecular flexibility index (Phi) is 4.00. The lowest BCUT2D eigenvalue weighted by Crippen LogP contribution is -2.08. The zero-order chi connectivity index (χ0) is 10.4. The zero-order valence-corrected chi connectivity index (χ0v) is 8.19. The molecule has 1 heterocycles. The maximum Gasteiger partial charge on any atom is 0.215 e. The second-order valence-electron chi connectivity index (χ2n) is 2.67. The van der Waals surface area contributed by atoms with Crippen LogP contribution in [0.25, 0.3) is 0 Å². The molecule has 0 aliphatic rings. The number of rotatable bonds is 5. The maximum absolute atomic E-state index is 5.50. The lowest BCUT2D eigenvalue weighted by Gasteiger charge is -2.06. The van der Waals surface area contributed by atoms with E-state index >= 15 is 0 Å². The molecule has 78 valence electrons. The third-order valence-corrected chi connectivity index (χ3v) is 1.61. The van der Waals surface area contributed by atoms with Gasteiger partial charge in [0.1, 0.15) is 6.61 Å². The van der Waals surface area contributed by atoms with Crippen molar-refractivity contribution in [3.63, 3.8) is 0 Å². The minimum Gasteiger partial charge on any atom is -0.475 e. The Morgan fingerprint density at radius 1 is 1.29 bits per heavy atom. The molecule has 0 bridgehead atoms. The molecule has 0 saturated heterocycles. The average Bonchev–Trinajstić information content (AvgIpc) is 2.18. The molecule has 0 saturated carbocycles. The van der Waals surface area contributed by atoms with E-state index in [1.165, 1.54) is 0 Å². The summed E-state index contributed by atoms with van der Waals surface area (Å²) in [7, 11) is 0. The first-order valence-corrected chi connectivity index (χ1v) is 4.46. The Bertz CT molecular complexity index is 291. The highest BCUT2D eigenvalue weighted by Crippen LogP contribution is 2.15. The zero-order valence-electron chi connectivity index (χ0n) is 8.19. The van der Waals surface area contributed by atoms with Gasteiger partial charge in [-0.1, -0.05) is 0 Å². The molecule has 0 unspecified atom stereocenters. The summed E-state index contributed by atoms with van der Waals surface area (Å²) in [5.74, 6) is 0.760. The Morgan fingerprint density at radius 3 is 2.71 bits per heavy atom. The predicted octanol–water partition coefficient (Wildman–Crippen LogP) is 0.661. The van der Waals surface area contributed by atoms with Crippen molar-refractivity contribution >= 4 is 11.5 Å². The van der Waals surface area contributed by atoms with Crippen LogP contribution in [-0.2, 0) is 4.74 Å². The van der Waals surface area contributed by atoms with E-state index in [1.807, 2.05) is 6.92 Å². The van der Waals surface area contributed by atoms with Gasteiger partial charge >= 0.3 is 0 Å². The molecule has 0 aromatic carbocycles. The van der Waals surface area contributed by atoms with Gasteiger partial charge in [-0.15, -0.1) is 0 Å². The van der Waals surface area contributed by atoms with E-state index in [0.29, 0.717) is 37.2 Å². The van der Waals surface area contributed by atoms with E-state index in [4.69, 9.17) is 20.9 Å². The molecule has 5 nitrogen and oxygen atoms in total. The summed E-state index contributed by atoms with van der Waals surface area (Å²) in [6.07, 6.45) is 0. The lowest BCUT2D eigenvalue weighted by molar-refractivity contribution is 0.108. The van der Waals surface area contributed by atoms with Gasteiger partial charge in [-0.05, 0) is 13.0 Å². The number of hydrogen-bond acceptors (Lipinski definition) is 5. The van der Waals surface area contributed by atoms with Crippen molar-refractivity contribution in [2.24, 2.45) is 0 Å². The SMILES string of the molecule is CCOCCOc1ccc(N)c(N)n1. The van der Waals surface area contributed by atoms with Crippen molar-refractivity contribution in [2.45, 2.75) is 6.92 Å². The van der Waals surface area contributed by atoms with Crippen LogP contribution in [0.4, 0.5) is 11.5 Å². The van der Waals surface area contributed by atoms with Crippen LogP contribution in [0.15, 0.2) is 12.1 Å². The molecule has 1 aromatic heterocycles. The van der Waals surface area contributed by atoms with Gasteiger partial charge in [0, 0.05) is 12.7 Å². The summed E-state index contributed by atoms with van der Waals surface area (Å²) in [6.45, 7) is 3.62. The minimum absolute atomic E-state index is 0.291. The second kappa shape index (κ2) is 5.29. The van der Waals surface area contributed by atoms with Gasteiger partial charge in [-0.3, -0.25) is 0 Å². The van der Waals surface area contributed by atoms with Gasteiger partial charge in [0.05, 0.1) is 12.3 Å². The smallest absolute Gasteiger partial charge is 0.215 e. The van der Waals surface area contributed by atoms with E-state index in [0.717, 1.165) is 0 Å². The Hall–Kier alpha value is -1.49. The van der Waals surface area contributed by atoms with Crippen LogP contribution >= 0.6 is 0 Å². The summed E-state index contributed by atoms with van der Waals surface area (Å²) in [6, 6.07) is 3.34. The van der Waals surface area contributed by atoms with Crippen molar-refractivity contribution < 1.29 is 9.47 Å². The lowest BCUT2D eigenvalue weighted by atomic mass is 10.4. The van der Waals surface area contributed by atoms with Gasteiger partial charge in [-0.25, -0.2) is 0 Å². The monoisotopic (exact) mass is 197 g/mol. The number of anilines is 2. The third-order valence-electron chi connectivity index (χ3n) is 1.61. The van der Waals surface area contributed by atoms with Gasteiger partial charge < -0.3 is 20.9 Å². The van der Waals surface area contributed by atoms with Gasteiger partial charge in [-0.2, -0.15) is 4.98 Å². The van der Waals surface area contributed by atoms with Crippen LogP contribution in [0, 0.1) is 0 Å². The molecule has 1 aromatic rings. The molecule has 0 spiro atoms. The fraction of sp³-hybridized carbons (Fsp3) is 0.444. The molecule has 14 heavy (non-hydrogen) atoms. The van der Waals surface area contributed by atoms with Crippen LogP contribution in [0.2, 0.25) is 0 Å². The second-order valence-corrected chi connectivity index (χ2v) is 2.67. The molecule has 0 atom stereocenters. The van der Waals surface area contributed by atoms with Crippen LogP contribution in [0.3, 0.4) is 0 Å². The quantitative estimate of drug-likeness (QED) is 0.677. The topological polar surface area (TPSA) is 83.4 Å². The molecular formula is C9H15N3O2. The van der Waals surface area contributed by atoms with E-state index in [9.17, 15) is 0 Å². The molecule has 0 radical (unpaired) electrons. The number of aromatic nitrogens is 1. The fourth-order valence-corrected chi connectivity index (χ4v) is 0.897. The summed E-state index contributed by atoms with van der Waals surface area (Å²) in [5, 5.41) is 0. The van der Waals surface area contributed by atoms with Gasteiger partial charge in [0.15, 0.2) is 5.82 Å². The molecular weight excluding hydrogens is 182 g/mol. The van der Waals surface area contributed by atoms with E-state index in [1.54, 1.807) is 12.1 Å². The summed E-state index contributed by atoms with van der Waals surface area (Å²) < 4.78 is 10.4. The number of pyridine rings is 1. The normalized spacial score (nSPS) is 10.1. The maximum atomic E-state index is 5.50. The highest BCUT2D eigenvalue weighted by atomic mass is 16.5. The Balaban J connectivity index is 2.39. The van der Waals surface area contributed by atoms with Crippen molar-refractivity contribution in [1.82, 2.24) is 4.98 Å². The van der Waals surface area contributed by atoms with Crippen molar-refractivity contribution in [3.8, 4) is 5.88 Å². The number of hydrogen-bond donors (Lipinski definition) is 2. The van der Waals surface area contributed by atoms with E-state index < -0.39 is 0 Å². The number of nitrogens with two attached hydrogens (primary N) is 2. The molecule has 0 fully saturated rings. The number of nitrogens with zero attached hydrogens (tertiary/aromatic N) is 1. The summed E-state index contributed by atoms with van der Waals surface area (Å²) in [4.78, 5) is 3.95. The first-order valence-electron chi connectivity index (χ1n) is 4.46. The number of nitrogen functional groups attached to an aromatic ring is 2. The average molecular weight is 197 g/mol. The van der Waals surface area contributed by atoms with Crippen LogP contribution in [0.1, 0.15) is 6.92 Å². The first-order chi connectivity index (χ1) is 6.74. The van der Waals surface area contributed by atoms with Crippen molar-refractivity contribution in [2.75, 3.05) is 31.3 Å². The van der Waals surface area contributed by atoms with Crippen LogP contribution in [-0.4, -0.2) is 24.8 Å². The summed E-state index contributed by atoms with van der Waals surface area (Å²) in [5.41, 5.74) is 11.5. The fourth-order valence-electron chi connectivity index (χ4n) is 0.897. The largest absolute Gasteiger partial charge is 0.475 e. The molecule has 5 heteroatoms.